The quantitative estimate of drug-likeness (QED) is 0.354. The smallest absolute Gasteiger partial charge is 0.243 e. The molecule has 2 aromatic carbocycles. The number of aromatic nitrogens is 2. The standard InChI is InChI=1S/C25H23ClN4O3S2/c26-21-12-6-13-22-23(21)28-25(34-22)30(17-19-9-4-5-14-27-19)24(31)18-8-7-15-29(16-18)35(32,33)20-10-2-1-3-11-20/h1-6,9-14,18H,7-8,15-17H2. The van der Waals surface area contributed by atoms with Crippen molar-refractivity contribution in [3.63, 3.8) is 0 Å². The van der Waals surface area contributed by atoms with Crippen molar-refractivity contribution in [2.45, 2.75) is 24.3 Å². The number of hydrogen-bond donors (Lipinski definition) is 0. The number of para-hydroxylation sites is 1. The van der Waals surface area contributed by atoms with E-state index in [9.17, 15) is 13.2 Å². The van der Waals surface area contributed by atoms with Crippen molar-refractivity contribution in [2.24, 2.45) is 5.92 Å². The van der Waals surface area contributed by atoms with Crippen molar-refractivity contribution in [1.29, 1.82) is 0 Å². The van der Waals surface area contributed by atoms with Crippen LogP contribution >= 0.6 is 22.9 Å². The molecular weight excluding hydrogens is 504 g/mol. The maximum absolute atomic E-state index is 13.9. The number of anilines is 1. The molecule has 1 unspecified atom stereocenters. The summed E-state index contributed by atoms with van der Waals surface area (Å²) >= 11 is 7.73. The average molecular weight is 527 g/mol. The first-order valence-electron chi connectivity index (χ1n) is 11.2. The number of carbonyl (C=O) groups is 1. The maximum Gasteiger partial charge on any atom is 0.243 e. The van der Waals surface area contributed by atoms with Gasteiger partial charge in [-0.05, 0) is 49.2 Å². The summed E-state index contributed by atoms with van der Waals surface area (Å²) < 4.78 is 28.7. The first-order valence-corrected chi connectivity index (χ1v) is 13.9. The molecule has 1 fully saturated rings. The van der Waals surface area contributed by atoms with E-state index in [0.717, 1.165) is 10.4 Å². The Morgan fingerprint density at radius 3 is 2.63 bits per heavy atom. The van der Waals surface area contributed by atoms with Gasteiger partial charge in [-0.1, -0.05) is 53.3 Å². The second-order valence-electron chi connectivity index (χ2n) is 8.34. The Bertz CT molecular complexity index is 1450. The minimum Gasteiger partial charge on any atom is -0.282 e. The molecule has 2 aromatic heterocycles. The first-order chi connectivity index (χ1) is 16.9. The number of nitrogens with zero attached hydrogens (tertiary/aromatic N) is 4. The number of halogens is 1. The van der Waals surface area contributed by atoms with Crippen molar-refractivity contribution in [1.82, 2.24) is 14.3 Å². The van der Waals surface area contributed by atoms with Crippen LogP contribution in [-0.2, 0) is 21.4 Å². The van der Waals surface area contributed by atoms with E-state index >= 15 is 0 Å². The third-order valence-corrected chi connectivity index (χ3v) is 9.24. The molecule has 35 heavy (non-hydrogen) atoms. The van der Waals surface area contributed by atoms with Gasteiger partial charge < -0.3 is 0 Å². The van der Waals surface area contributed by atoms with Crippen LogP contribution < -0.4 is 4.90 Å². The number of thiazole rings is 1. The van der Waals surface area contributed by atoms with Crippen LogP contribution in [0.15, 0.2) is 77.8 Å². The predicted octanol–water partition coefficient (Wildman–Crippen LogP) is 4.98. The Labute approximate surface area is 213 Å². The van der Waals surface area contributed by atoms with Crippen LogP contribution in [0.1, 0.15) is 18.5 Å². The minimum absolute atomic E-state index is 0.125. The topological polar surface area (TPSA) is 83.5 Å². The zero-order chi connectivity index (χ0) is 24.4. The van der Waals surface area contributed by atoms with Gasteiger partial charge in [0.1, 0.15) is 5.52 Å². The predicted molar refractivity (Wildman–Crippen MR) is 138 cm³/mol. The highest BCUT2D eigenvalue weighted by atomic mass is 35.5. The van der Waals surface area contributed by atoms with E-state index < -0.39 is 15.9 Å². The first kappa shape index (κ1) is 23.9. The molecule has 0 spiro atoms. The van der Waals surface area contributed by atoms with Crippen LogP contribution in [-0.4, -0.2) is 41.7 Å². The molecule has 0 aliphatic carbocycles. The summed E-state index contributed by atoms with van der Waals surface area (Å²) in [6.45, 7) is 0.747. The molecule has 1 atom stereocenters. The van der Waals surface area contributed by atoms with Crippen LogP contribution in [0.4, 0.5) is 5.13 Å². The lowest BCUT2D eigenvalue weighted by atomic mass is 9.98. The summed E-state index contributed by atoms with van der Waals surface area (Å²) in [5.74, 6) is -0.660. The van der Waals surface area contributed by atoms with Gasteiger partial charge in [-0.25, -0.2) is 13.4 Å². The maximum atomic E-state index is 13.9. The van der Waals surface area contributed by atoms with Crippen molar-refractivity contribution in [3.8, 4) is 0 Å². The SMILES string of the molecule is O=C(C1CCCN(S(=O)(=O)c2ccccc2)C1)N(Cc1ccccn1)c1nc2c(Cl)cccc2s1. The van der Waals surface area contributed by atoms with Gasteiger partial charge >= 0.3 is 0 Å². The molecule has 0 bridgehead atoms. The highest BCUT2D eigenvalue weighted by Crippen LogP contribution is 2.35. The molecule has 4 aromatic rings. The summed E-state index contributed by atoms with van der Waals surface area (Å²) in [6, 6.07) is 19.4. The zero-order valence-electron chi connectivity index (χ0n) is 18.7. The van der Waals surface area contributed by atoms with E-state index in [2.05, 4.69) is 9.97 Å². The van der Waals surface area contributed by atoms with E-state index in [1.54, 1.807) is 47.5 Å². The largest absolute Gasteiger partial charge is 0.282 e. The number of fused-ring (bicyclic) bond motifs is 1. The molecule has 1 aliphatic heterocycles. The minimum atomic E-state index is -3.68. The van der Waals surface area contributed by atoms with E-state index in [4.69, 9.17) is 11.6 Å². The van der Waals surface area contributed by atoms with Gasteiger partial charge in [-0.2, -0.15) is 4.31 Å². The number of pyridine rings is 1. The van der Waals surface area contributed by atoms with Gasteiger partial charge in [-0.3, -0.25) is 14.7 Å². The molecule has 0 N–H and O–H groups in total. The van der Waals surface area contributed by atoms with Crippen LogP contribution in [0.3, 0.4) is 0 Å². The highest BCUT2D eigenvalue weighted by molar-refractivity contribution is 7.89. The molecule has 1 aliphatic rings. The van der Waals surface area contributed by atoms with Gasteiger partial charge in [0.15, 0.2) is 5.13 Å². The summed E-state index contributed by atoms with van der Waals surface area (Å²) in [5, 5.41) is 1.04. The van der Waals surface area contributed by atoms with Gasteiger partial charge in [0.2, 0.25) is 15.9 Å². The molecule has 10 heteroatoms. The van der Waals surface area contributed by atoms with Gasteiger partial charge in [0.05, 0.1) is 32.8 Å². The Morgan fingerprint density at radius 2 is 1.89 bits per heavy atom. The number of piperidine rings is 1. The normalized spacial score (nSPS) is 16.9. The summed E-state index contributed by atoms with van der Waals surface area (Å²) in [7, 11) is -3.68. The number of rotatable bonds is 6. The molecule has 5 rings (SSSR count). The lowest BCUT2D eigenvalue weighted by molar-refractivity contribution is -0.123. The van der Waals surface area contributed by atoms with Gasteiger partial charge in [0, 0.05) is 19.3 Å². The number of benzene rings is 2. The van der Waals surface area contributed by atoms with Crippen LogP contribution in [0.5, 0.6) is 0 Å². The van der Waals surface area contributed by atoms with E-state index in [0.29, 0.717) is 35.1 Å². The van der Waals surface area contributed by atoms with E-state index in [1.165, 1.54) is 15.6 Å². The molecule has 180 valence electrons. The van der Waals surface area contributed by atoms with Gasteiger partial charge in [0.25, 0.3) is 0 Å². The average Bonchev–Trinajstić information content (AvgIpc) is 3.33. The van der Waals surface area contributed by atoms with E-state index in [1.807, 2.05) is 30.3 Å². The summed E-state index contributed by atoms with van der Waals surface area (Å²) in [4.78, 5) is 24.8. The summed E-state index contributed by atoms with van der Waals surface area (Å²) in [5.41, 5.74) is 1.36. The van der Waals surface area contributed by atoms with Crippen LogP contribution in [0, 0.1) is 5.92 Å². The van der Waals surface area contributed by atoms with Crippen molar-refractivity contribution >= 4 is 54.2 Å². The molecule has 0 radical (unpaired) electrons. The number of amides is 1. The monoisotopic (exact) mass is 526 g/mol. The zero-order valence-corrected chi connectivity index (χ0v) is 21.1. The van der Waals surface area contributed by atoms with Crippen molar-refractivity contribution in [2.75, 3.05) is 18.0 Å². The number of hydrogen-bond acceptors (Lipinski definition) is 6. The fourth-order valence-corrected chi connectivity index (χ4v) is 7.05. The van der Waals surface area contributed by atoms with E-state index in [-0.39, 0.29) is 23.9 Å². The molecule has 1 saturated heterocycles. The number of carbonyl (C=O) groups excluding carboxylic acids is 1. The lowest BCUT2D eigenvalue weighted by Crippen LogP contribution is -2.46. The number of sulfonamides is 1. The Balaban J connectivity index is 1.46. The molecule has 1 amide bonds. The highest BCUT2D eigenvalue weighted by Gasteiger charge is 2.36. The Morgan fingerprint density at radius 1 is 1.09 bits per heavy atom. The van der Waals surface area contributed by atoms with Crippen LogP contribution in [0.2, 0.25) is 5.02 Å². The lowest BCUT2D eigenvalue weighted by Gasteiger charge is -2.33. The third kappa shape index (κ3) is 4.95. The molecule has 0 saturated carbocycles. The Hall–Kier alpha value is -2.85. The van der Waals surface area contributed by atoms with Crippen molar-refractivity contribution < 1.29 is 13.2 Å². The second kappa shape index (κ2) is 10.0. The molecular formula is C25H23ClN4O3S2. The summed E-state index contributed by atoms with van der Waals surface area (Å²) in [6.07, 6.45) is 2.89. The fourth-order valence-electron chi connectivity index (χ4n) is 4.24. The Kier molecular flexibility index (Phi) is 6.84. The molecule has 3 heterocycles. The van der Waals surface area contributed by atoms with Crippen molar-refractivity contribution in [3.05, 3.63) is 83.6 Å². The fraction of sp³-hybridized carbons (Fsp3) is 0.240. The van der Waals surface area contributed by atoms with Crippen LogP contribution in [0.25, 0.3) is 10.2 Å². The second-order valence-corrected chi connectivity index (χ2v) is 11.7. The molecule has 7 nitrogen and oxygen atoms in total. The third-order valence-electron chi connectivity index (χ3n) is 6.02. The van der Waals surface area contributed by atoms with Gasteiger partial charge in [-0.15, -0.1) is 0 Å².